The molecular formula is C22H23N3O3S. The van der Waals surface area contributed by atoms with Gasteiger partial charge in [0.1, 0.15) is 11.4 Å². The molecule has 1 amide bonds. The maximum absolute atomic E-state index is 12.0. The fourth-order valence-electron chi connectivity index (χ4n) is 2.85. The number of fused-ring (bicyclic) bond motifs is 1. The summed E-state index contributed by atoms with van der Waals surface area (Å²) < 4.78 is 6.25. The van der Waals surface area contributed by atoms with E-state index in [1.54, 1.807) is 12.3 Å². The van der Waals surface area contributed by atoms with Gasteiger partial charge in [-0.15, -0.1) is 11.3 Å². The third kappa shape index (κ3) is 5.00. The topological polar surface area (TPSA) is 94.3 Å². The van der Waals surface area contributed by atoms with Crippen molar-refractivity contribution in [1.29, 1.82) is 0 Å². The molecule has 0 aliphatic carbocycles. The molecule has 0 radical (unpaired) electrons. The lowest BCUT2D eigenvalue weighted by Crippen LogP contribution is -2.22. The number of nitrogens with two attached hydrogens (primary N) is 1. The van der Waals surface area contributed by atoms with E-state index >= 15 is 0 Å². The molecule has 0 bridgehead atoms. The maximum atomic E-state index is 12.0. The number of benzene rings is 1. The van der Waals surface area contributed by atoms with E-state index in [0.717, 1.165) is 32.5 Å². The molecule has 2 aromatic heterocycles. The minimum absolute atomic E-state index is 0.117. The number of carbonyl (C=O) groups is 2. The number of nitrogens with zero attached hydrogens (tertiary/aromatic N) is 1. The SMILES string of the molecule is CC(=O)Nc1ccc(-c2csc3c(/C=C/C(=O)OC(C)(C)C)cnc(N)c23)cc1. The molecule has 6 nitrogen and oxygen atoms in total. The number of nitrogen functional groups attached to an aromatic ring is 1. The van der Waals surface area contributed by atoms with Gasteiger partial charge >= 0.3 is 5.97 Å². The summed E-state index contributed by atoms with van der Waals surface area (Å²) in [6.45, 7) is 6.94. The first kappa shape index (κ1) is 20.5. The summed E-state index contributed by atoms with van der Waals surface area (Å²) in [5.74, 6) is -0.0991. The van der Waals surface area contributed by atoms with E-state index in [-0.39, 0.29) is 5.91 Å². The van der Waals surface area contributed by atoms with E-state index in [0.29, 0.717) is 5.82 Å². The number of amides is 1. The van der Waals surface area contributed by atoms with Crippen LogP contribution in [0.15, 0.2) is 41.9 Å². The van der Waals surface area contributed by atoms with E-state index < -0.39 is 11.6 Å². The molecule has 2 heterocycles. The molecular weight excluding hydrogens is 386 g/mol. The van der Waals surface area contributed by atoms with Gasteiger partial charge in [-0.25, -0.2) is 9.78 Å². The van der Waals surface area contributed by atoms with Crippen LogP contribution in [0.5, 0.6) is 0 Å². The Balaban J connectivity index is 1.95. The monoisotopic (exact) mass is 409 g/mol. The van der Waals surface area contributed by atoms with Gasteiger partial charge in [0.2, 0.25) is 5.91 Å². The smallest absolute Gasteiger partial charge is 0.331 e. The lowest BCUT2D eigenvalue weighted by molar-refractivity contribution is -0.148. The van der Waals surface area contributed by atoms with Crippen molar-refractivity contribution in [3.05, 3.63) is 47.5 Å². The molecule has 0 aliphatic rings. The number of rotatable bonds is 4. The number of hydrogen-bond donors (Lipinski definition) is 2. The lowest BCUT2D eigenvalue weighted by atomic mass is 10.0. The van der Waals surface area contributed by atoms with Gasteiger partial charge in [-0.05, 0) is 49.9 Å². The van der Waals surface area contributed by atoms with Crippen LogP contribution < -0.4 is 11.1 Å². The Labute approximate surface area is 173 Å². The molecule has 3 N–H and O–H groups in total. The quantitative estimate of drug-likeness (QED) is 0.474. The van der Waals surface area contributed by atoms with Gasteiger partial charge in [-0.1, -0.05) is 12.1 Å². The molecule has 150 valence electrons. The highest BCUT2D eigenvalue weighted by atomic mass is 32.1. The van der Waals surface area contributed by atoms with Crippen LogP contribution in [0.4, 0.5) is 11.5 Å². The van der Waals surface area contributed by atoms with Crippen molar-refractivity contribution >= 4 is 50.9 Å². The predicted molar refractivity (Wildman–Crippen MR) is 119 cm³/mol. The second-order valence-corrected chi connectivity index (χ2v) is 8.46. The zero-order valence-corrected chi connectivity index (χ0v) is 17.6. The third-order valence-electron chi connectivity index (χ3n) is 3.97. The molecule has 0 fully saturated rings. The summed E-state index contributed by atoms with van der Waals surface area (Å²) in [5, 5.41) is 5.61. The standard InChI is InChI=1S/C22H23N3O3S/c1-13(26)25-16-8-5-14(6-9-16)17-12-29-20-15(11-24-21(23)19(17)20)7-10-18(27)28-22(2,3)4/h5-12H,1-4H3,(H2,23,24)(H,25,26)/b10-7+. The van der Waals surface area contributed by atoms with Crippen LogP contribution in [-0.2, 0) is 14.3 Å². The summed E-state index contributed by atoms with van der Waals surface area (Å²) in [7, 11) is 0. The van der Waals surface area contributed by atoms with Crippen LogP contribution >= 0.6 is 11.3 Å². The van der Waals surface area contributed by atoms with Crippen molar-refractivity contribution in [2.75, 3.05) is 11.1 Å². The van der Waals surface area contributed by atoms with Crippen molar-refractivity contribution in [2.45, 2.75) is 33.3 Å². The number of nitrogens with one attached hydrogen (secondary N) is 1. The van der Waals surface area contributed by atoms with Gasteiger partial charge < -0.3 is 15.8 Å². The van der Waals surface area contributed by atoms with E-state index in [9.17, 15) is 9.59 Å². The largest absolute Gasteiger partial charge is 0.457 e. The molecule has 1 aromatic carbocycles. The summed E-state index contributed by atoms with van der Waals surface area (Å²) in [5.41, 5.74) is 9.07. The number of pyridine rings is 1. The zero-order chi connectivity index (χ0) is 21.2. The molecule has 0 aliphatic heterocycles. The van der Waals surface area contributed by atoms with Crippen LogP contribution in [0.1, 0.15) is 33.3 Å². The van der Waals surface area contributed by atoms with Gasteiger partial charge in [0, 0.05) is 46.1 Å². The second-order valence-electron chi connectivity index (χ2n) is 7.58. The van der Waals surface area contributed by atoms with Crippen molar-refractivity contribution in [1.82, 2.24) is 4.98 Å². The highest BCUT2D eigenvalue weighted by molar-refractivity contribution is 7.18. The first-order chi connectivity index (χ1) is 13.6. The zero-order valence-electron chi connectivity index (χ0n) is 16.8. The van der Waals surface area contributed by atoms with Crippen molar-refractivity contribution in [3.8, 4) is 11.1 Å². The van der Waals surface area contributed by atoms with Crippen molar-refractivity contribution in [3.63, 3.8) is 0 Å². The second kappa shape index (κ2) is 8.05. The van der Waals surface area contributed by atoms with Gasteiger partial charge in [0.25, 0.3) is 0 Å². The van der Waals surface area contributed by atoms with E-state index in [1.807, 2.05) is 50.4 Å². The number of thiophene rings is 1. The lowest BCUT2D eigenvalue weighted by Gasteiger charge is -2.17. The summed E-state index contributed by atoms with van der Waals surface area (Å²) in [4.78, 5) is 27.5. The first-order valence-corrected chi connectivity index (χ1v) is 9.97. The summed E-state index contributed by atoms with van der Waals surface area (Å²) in [6, 6.07) is 7.54. The van der Waals surface area contributed by atoms with Crippen molar-refractivity contribution < 1.29 is 14.3 Å². The minimum Gasteiger partial charge on any atom is -0.457 e. The normalized spacial score (nSPS) is 11.7. The number of aromatic nitrogens is 1. The number of hydrogen-bond acceptors (Lipinski definition) is 6. The van der Waals surface area contributed by atoms with Gasteiger partial charge in [-0.2, -0.15) is 0 Å². The Morgan fingerprint density at radius 2 is 1.90 bits per heavy atom. The Kier molecular flexibility index (Phi) is 5.70. The third-order valence-corrected chi connectivity index (χ3v) is 5.00. The molecule has 29 heavy (non-hydrogen) atoms. The highest BCUT2D eigenvalue weighted by Gasteiger charge is 2.16. The maximum Gasteiger partial charge on any atom is 0.331 e. The van der Waals surface area contributed by atoms with E-state index in [1.165, 1.54) is 24.3 Å². The van der Waals surface area contributed by atoms with Gasteiger partial charge in [0.15, 0.2) is 0 Å². The van der Waals surface area contributed by atoms with Crippen LogP contribution in [0.2, 0.25) is 0 Å². The molecule has 3 aromatic rings. The number of esters is 1. The Morgan fingerprint density at radius 1 is 1.21 bits per heavy atom. The predicted octanol–water partition coefficient (Wildman–Crippen LogP) is 4.86. The summed E-state index contributed by atoms with van der Waals surface area (Å²) in [6.07, 6.45) is 4.75. The Hall–Kier alpha value is -3.19. The van der Waals surface area contributed by atoms with Crippen LogP contribution in [-0.4, -0.2) is 22.5 Å². The fourth-order valence-corrected chi connectivity index (χ4v) is 3.93. The highest BCUT2D eigenvalue weighted by Crippen LogP contribution is 2.39. The molecule has 0 atom stereocenters. The molecule has 0 unspecified atom stereocenters. The average molecular weight is 410 g/mol. The molecule has 0 saturated heterocycles. The summed E-state index contributed by atoms with van der Waals surface area (Å²) >= 11 is 1.54. The van der Waals surface area contributed by atoms with Gasteiger partial charge in [-0.3, -0.25) is 4.79 Å². The molecule has 0 spiro atoms. The molecule has 3 rings (SSSR count). The van der Waals surface area contributed by atoms with Crippen LogP contribution in [0.3, 0.4) is 0 Å². The minimum atomic E-state index is -0.546. The number of anilines is 2. The Bertz CT molecular complexity index is 1090. The molecule has 0 saturated carbocycles. The number of carbonyl (C=O) groups excluding carboxylic acids is 2. The fraction of sp³-hybridized carbons (Fsp3) is 0.227. The number of ether oxygens (including phenoxy) is 1. The van der Waals surface area contributed by atoms with Crippen LogP contribution in [0.25, 0.3) is 27.3 Å². The Morgan fingerprint density at radius 3 is 2.52 bits per heavy atom. The van der Waals surface area contributed by atoms with Crippen LogP contribution in [0, 0.1) is 0 Å². The van der Waals surface area contributed by atoms with Crippen molar-refractivity contribution in [2.24, 2.45) is 0 Å². The van der Waals surface area contributed by atoms with E-state index in [4.69, 9.17) is 10.5 Å². The molecule has 7 heteroatoms. The van der Waals surface area contributed by atoms with Gasteiger partial charge in [0.05, 0.1) is 0 Å². The first-order valence-electron chi connectivity index (χ1n) is 9.09. The average Bonchev–Trinajstić information content (AvgIpc) is 3.06. The van der Waals surface area contributed by atoms with E-state index in [2.05, 4.69) is 10.3 Å².